The van der Waals surface area contributed by atoms with E-state index in [4.69, 9.17) is 0 Å². The Labute approximate surface area is 277 Å². The zero-order valence-corrected chi connectivity index (χ0v) is 25.8. The minimum atomic E-state index is 0.571. The molecule has 0 saturated carbocycles. The normalized spacial score (nSPS) is 11.3. The van der Waals surface area contributed by atoms with Gasteiger partial charge in [0.2, 0.25) is 0 Å². The Hall–Kier alpha value is -6.88. The van der Waals surface area contributed by atoms with Gasteiger partial charge in [-0.05, 0) is 71.3 Å². The van der Waals surface area contributed by atoms with Gasteiger partial charge in [-0.2, -0.15) is 10.5 Å². The molecule has 0 unspecified atom stereocenters. The van der Waals surface area contributed by atoms with Crippen LogP contribution in [0.4, 0.5) is 0 Å². The van der Waals surface area contributed by atoms with Crippen LogP contribution in [0.1, 0.15) is 11.1 Å². The summed E-state index contributed by atoms with van der Waals surface area (Å²) < 4.78 is 4.54. The highest BCUT2D eigenvalue weighted by atomic mass is 15.0. The third-order valence-corrected chi connectivity index (χ3v) is 9.38. The van der Waals surface area contributed by atoms with Gasteiger partial charge in [-0.15, -0.1) is 0 Å². The van der Waals surface area contributed by atoms with E-state index >= 15 is 0 Å². The predicted molar refractivity (Wildman–Crippen MR) is 195 cm³/mol. The monoisotopic (exact) mass is 610 g/mol. The molecule has 0 aliphatic carbocycles. The number of hydrogen-bond acceptors (Lipinski definition) is 2. The zero-order chi connectivity index (χ0) is 32.2. The number of hydrogen-bond donors (Lipinski definition) is 0. The molecule has 9 rings (SSSR count). The van der Waals surface area contributed by atoms with Gasteiger partial charge in [0, 0.05) is 32.8 Å². The molecular formula is C44H26N4. The molecule has 4 heteroatoms. The van der Waals surface area contributed by atoms with Crippen LogP contribution in [0.3, 0.4) is 0 Å². The lowest BCUT2D eigenvalue weighted by molar-refractivity contribution is 1.18. The Morgan fingerprint density at radius 2 is 0.917 bits per heavy atom. The first-order valence-electron chi connectivity index (χ1n) is 15.9. The average Bonchev–Trinajstić information content (AvgIpc) is 3.67. The maximum absolute atomic E-state index is 10.0. The molecule has 0 atom stereocenters. The molecule has 0 spiro atoms. The standard InChI is InChI=1S/C44H26N4/c45-27-29-20-22-38(43(24-29)48-42-19-8-5-16-37(42)39-23-21-30(28-46)25-44(39)48)34-13-2-1-12-33(34)31-10-9-11-32(26-31)47-40-17-6-3-14-35(40)36-15-4-7-18-41(36)47/h1-26H. The van der Waals surface area contributed by atoms with Crippen LogP contribution in [0.5, 0.6) is 0 Å². The number of rotatable bonds is 4. The lowest BCUT2D eigenvalue weighted by Gasteiger charge is -2.18. The van der Waals surface area contributed by atoms with Gasteiger partial charge >= 0.3 is 0 Å². The molecule has 0 aliphatic rings. The molecule has 222 valence electrons. The summed E-state index contributed by atoms with van der Waals surface area (Å²) in [4.78, 5) is 0. The molecule has 0 radical (unpaired) electrons. The van der Waals surface area contributed by atoms with Crippen LogP contribution in [0.25, 0.3) is 77.2 Å². The van der Waals surface area contributed by atoms with Gasteiger partial charge in [-0.25, -0.2) is 0 Å². The Morgan fingerprint density at radius 1 is 0.375 bits per heavy atom. The molecule has 0 aliphatic heterocycles. The molecule has 4 nitrogen and oxygen atoms in total. The lowest BCUT2D eigenvalue weighted by atomic mass is 9.92. The van der Waals surface area contributed by atoms with Crippen LogP contribution in [0.15, 0.2) is 158 Å². The first-order chi connectivity index (χ1) is 23.7. The zero-order valence-electron chi connectivity index (χ0n) is 25.8. The third-order valence-electron chi connectivity index (χ3n) is 9.38. The maximum Gasteiger partial charge on any atom is 0.0992 e. The van der Waals surface area contributed by atoms with E-state index < -0.39 is 0 Å². The largest absolute Gasteiger partial charge is 0.309 e. The van der Waals surface area contributed by atoms with E-state index in [9.17, 15) is 10.5 Å². The summed E-state index contributed by atoms with van der Waals surface area (Å²) in [7, 11) is 0. The van der Waals surface area contributed by atoms with Crippen molar-refractivity contribution in [1.82, 2.24) is 9.13 Å². The van der Waals surface area contributed by atoms with Gasteiger partial charge < -0.3 is 9.13 Å². The van der Waals surface area contributed by atoms with E-state index in [1.165, 1.54) is 21.8 Å². The fourth-order valence-corrected chi connectivity index (χ4v) is 7.30. The van der Waals surface area contributed by atoms with Crippen molar-refractivity contribution in [2.45, 2.75) is 0 Å². The Bertz CT molecular complexity index is 2760. The van der Waals surface area contributed by atoms with Crippen molar-refractivity contribution in [3.63, 3.8) is 0 Å². The summed E-state index contributed by atoms with van der Waals surface area (Å²) in [6.07, 6.45) is 0. The molecule has 0 amide bonds. The second-order valence-electron chi connectivity index (χ2n) is 12.0. The van der Waals surface area contributed by atoms with E-state index in [0.29, 0.717) is 11.1 Å². The molecule has 9 aromatic rings. The first-order valence-corrected chi connectivity index (χ1v) is 15.9. The average molecular weight is 611 g/mol. The number of aromatic nitrogens is 2. The van der Waals surface area contributed by atoms with E-state index in [2.05, 4.69) is 137 Å². The fraction of sp³-hybridized carbons (Fsp3) is 0. The molecule has 0 bridgehead atoms. The van der Waals surface area contributed by atoms with Crippen molar-refractivity contribution in [3.8, 4) is 45.8 Å². The van der Waals surface area contributed by atoms with Crippen LogP contribution in [0, 0.1) is 22.7 Å². The van der Waals surface area contributed by atoms with Gasteiger partial charge in [-0.1, -0.05) is 103 Å². The molecule has 7 aromatic carbocycles. The van der Waals surface area contributed by atoms with Gasteiger partial charge in [-0.3, -0.25) is 0 Å². The van der Waals surface area contributed by atoms with Crippen LogP contribution in [-0.4, -0.2) is 9.13 Å². The highest BCUT2D eigenvalue weighted by Gasteiger charge is 2.19. The molecular weight excluding hydrogens is 585 g/mol. The SMILES string of the molecule is N#Cc1ccc(-c2ccccc2-c2cccc(-n3c4ccccc4c4ccccc43)c2)c(-n2c3ccccc3c3ccc(C#N)cc32)c1. The predicted octanol–water partition coefficient (Wildman–Crippen LogP) is 11.0. The van der Waals surface area contributed by atoms with Gasteiger partial charge in [0.15, 0.2) is 0 Å². The van der Waals surface area contributed by atoms with Crippen molar-refractivity contribution in [2.75, 3.05) is 0 Å². The van der Waals surface area contributed by atoms with E-state index in [1.54, 1.807) is 0 Å². The van der Waals surface area contributed by atoms with Crippen molar-refractivity contribution >= 4 is 43.6 Å². The molecule has 2 heterocycles. The number of fused-ring (bicyclic) bond motifs is 6. The summed E-state index contributed by atoms with van der Waals surface area (Å²) in [6.45, 7) is 0. The summed E-state index contributed by atoms with van der Waals surface area (Å²) in [6, 6.07) is 59.0. The van der Waals surface area contributed by atoms with E-state index in [-0.39, 0.29) is 0 Å². The maximum atomic E-state index is 10.0. The highest BCUT2D eigenvalue weighted by molar-refractivity contribution is 6.11. The smallest absolute Gasteiger partial charge is 0.0992 e. The number of nitrogens with zero attached hydrogens (tertiary/aromatic N) is 4. The van der Waals surface area contributed by atoms with Crippen LogP contribution in [0.2, 0.25) is 0 Å². The van der Waals surface area contributed by atoms with Crippen LogP contribution in [-0.2, 0) is 0 Å². The molecule has 48 heavy (non-hydrogen) atoms. The topological polar surface area (TPSA) is 57.4 Å². The molecule has 0 saturated heterocycles. The number of nitriles is 2. The van der Waals surface area contributed by atoms with Crippen LogP contribution >= 0.6 is 0 Å². The summed E-state index contributed by atoms with van der Waals surface area (Å²) in [5.74, 6) is 0. The lowest BCUT2D eigenvalue weighted by Crippen LogP contribution is -2.00. The third kappa shape index (κ3) is 4.14. The van der Waals surface area contributed by atoms with Gasteiger partial charge in [0.1, 0.15) is 0 Å². The summed E-state index contributed by atoms with van der Waals surface area (Å²) in [5.41, 5.74) is 11.7. The van der Waals surface area contributed by atoms with Gasteiger partial charge in [0.05, 0.1) is 51.0 Å². The summed E-state index contributed by atoms with van der Waals surface area (Å²) in [5, 5.41) is 24.5. The van der Waals surface area contributed by atoms with Crippen molar-refractivity contribution in [3.05, 3.63) is 169 Å². The summed E-state index contributed by atoms with van der Waals surface area (Å²) >= 11 is 0. The Kier molecular flexibility index (Phi) is 6.22. The quantitative estimate of drug-likeness (QED) is 0.199. The van der Waals surface area contributed by atoms with Crippen molar-refractivity contribution in [1.29, 1.82) is 10.5 Å². The van der Waals surface area contributed by atoms with Gasteiger partial charge in [0.25, 0.3) is 0 Å². The second kappa shape index (κ2) is 10.9. The molecule has 2 aromatic heterocycles. The highest BCUT2D eigenvalue weighted by Crippen LogP contribution is 2.41. The van der Waals surface area contributed by atoms with Crippen molar-refractivity contribution in [2.24, 2.45) is 0 Å². The van der Waals surface area contributed by atoms with E-state index in [1.807, 2.05) is 42.5 Å². The Morgan fingerprint density at radius 3 is 1.58 bits per heavy atom. The minimum Gasteiger partial charge on any atom is -0.309 e. The van der Waals surface area contributed by atoms with Crippen molar-refractivity contribution < 1.29 is 0 Å². The Balaban J connectivity index is 1.29. The second-order valence-corrected chi connectivity index (χ2v) is 12.0. The minimum absolute atomic E-state index is 0.571. The van der Waals surface area contributed by atoms with E-state index in [0.717, 1.165) is 55.4 Å². The molecule has 0 N–H and O–H groups in total. The number of para-hydroxylation sites is 3. The first kappa shape index (κ1) is 27.4. The molecule has 0 fully saturated rings. The van der Waals surface area contributed by atoms with Crippen LogP contribution < -0.4 is 0 Å². The fourth-order valence-electron chi connectivity index (χ4n) is 7.30. The number of benzene rings is 7.